The van der Waals surface area contributed by atoms with Gasteiger partial charge in [-0.05, 0) is 94.8 Å². The largest absolute Gasteiger partial charge is 0.492 e. The van der Waals surface area contributed by atoms with E-state index >= 15 is 0 Å². The van der Waals surface area contributed by atoms with Crippen LogP contribution in [0.1, 0.15) is 34.8 Å². The van der Waals surface area contributed by atoms with Gasteiger partial charge in [0, 0.05) is 21.2 Å². The van der Waals surface area contributed by atoms with Gasteiger partial charge in [0.1, 0.15) is 5.75 Å². The summed E-state index contributed by atoms with van der Waals surface area (Å²) in [6.07, 6.45) is 0.875. The number of hydrogen-bond acceptors (Lipinski definition) is 4. The van der Waals surface area contributed by atoms with Crippen molar-refractivity contribution in [3.63, 3.8) is 0 Å². The molecule has 6 rings (SSSR count). The standard InChI is InChI=1S/C36H29ClO3S2/c1-3-21-40-31-19-18-30(37)33-35(39)29-22-28(17-20-32(29)41-36(31)33)42(26-13-9-23(2)10-14-26)27-15-11-25(12-16-27)34(38)24-7-5-4-6-8-24/h4-20,22,42H,3,21H2,1-2H3. The first-order chi connectivity index (χ1) is 20.4. The lowest BCUT2D eigenvalue weighted by atomic mass is 10.0. The van der Waals surface area contributed by atoms with Crippen molar-refractivity contribution in [3.8, 4) is 5.75 Å². The van der Waals surface area contributed by atoms with Crippen LogP contribution in [-0.2, 0) is 0 Å². The van der Waals surface area contributed by atoms with Gasteiger partial charge in [-0.3, -0.25) is 9.59 Å². The van der Waals surface area contributed by atoms with E-state index in [4.69, 9.17) is 16.3 Å². The zero-order valence-electron chi connectivity index (χ0n) is 23.3. The van der Waals surface area contributed by atoms with Crippen molar-refractivity contribution in [2.45, 2.75) is 35.0 Å². The number of benzene rings is 5. The molecule has 0 aliphatic heterocycles. The van der Waals surface area contributed by atoms with Crippen molar-refractivity contribution >= 4 is 59.8 Å². The van der Waals surface area contributed by atoms with Gasteiger partial charge in [-0.25, -0.2) is 0 Å². The molecule has 3 nitrogen and oxygen atoms in total. The molecule has 0 saturated heterocycles. The SMILES string of the molecule is CCCOc1ccc(Cl)c2c(=O)c3cc([SH](c4ccc(C)cc4)c4ccc(C(=O)c5ccccc5)cc4)ccc3sc12. The highest BCUT2D eigenvalue weighted by Gasteiger charge is 2.18. The molecule has 0 aliphatic carbocycles. The van der Waals surface area contributed by atoms with Crippen LogP contribution in [0.15, 0.2) is 129 Å². The summed E-state index contributed by atoms with van der Waals surface area (Å²) in [4.78, 5) is 30.3. The normalized spacial score (nSPS) is 12.4. The number of carbonyl (C=O) groups excluding carboxylic acids is 1. The summed E-state index contributed by atoms with van der Waals surface area (Å²) in [5.74, 6) is 0.687. The van der Waals surface area contributed by atoms with Gasteiger partial charge in [0.15, 0.2) is 11.2 Å². The molecule has 0 amide bonds. The zero-order chi connectivity index (χ0) is 29.2. The predicted molar refractivity (Wildman–Crippen MR) is 178 cm³/mol. The lowest BCUT2D eigenvalue weighted by molar-refractivity contribution is 0.103. The Morgan fingerprint density at radius 1 is 0.810 bits per heavy atom. The number of halogens is 1. The van der Waals surface area contributed by atoms with E-state index in [1.165, 1.54) is 21.8 Å². The average Bonchev–Trinajstić information content (AvgIpc) is 3.02. The van der Waals surface area contributed by atoms with Gasteiger partial charge < -0.3 is 4.74 Å². The molecule has 1 heterocycles. The summed E-state index contributed by atoms with van der Waals surface area (Å²) in [7, 11) is -0.998. The maximum Gasteiger partial charge on any atom is 0.197 e. The van der Waals surface area contributed by atoms with E-state index in [-0.39, 0.29) is 11.2 Å². The second kappa shape index (κ2) is 12.1. The molecule has 42 heavy (non-hydrogen) atoms. The minimum Gasteiger partial charge on any atom is -0.492 e. The van der Waals surface area contributed by atoms with Crippen molar-refractivity contribution in [1.82, 2.24) is 0 Å². The van der Waals surface area contributed by atoms with Crippen molar-refractivity contribution in [3.05, 3.63) is 141 Å². The molecule has 0 saturated carbocycles. The third-order valence-electron chi connectivity index (χ3n) is 7.15. The molecule has 0 N–H and O–H groups in total. The number of thiol groups is 1. The van der Waals surface area contributed by atoms with Crippen LogP contribution in [0, 0.1) is 6.92 Å². The van der Waals surface area contributed by atoms with Crippen molar-refractivity contribution in [2.24, 2.45) is 0 Å². The maximum absolute atomic E-state index is 13.9. The Morgan fingerprint density at radius 3 is 2.14 bits per heavy atom. The molecule has 0 aliphatic rings. The Morgan fingerprint density at radius 2 is 1.45 bits per heavy atom. The van der Waals surface area contributed by atoms with E-state index in [1.54, 1.807) is 6.07 Å². The summed E-state index contributed by atoms with van der Waals surface area (Å²) in [5.41, 5.74) is 2.41. The Bertz CT molecular complexity index is 1970. The lowest BCUT2D eigenvalue weighted by Gasteiger charge is -2.24. The van der Waals surface area contributed by atoms with Gasteiger partial charge in [0.25, 0.3) is 0 Å². The molecule has 6 heteroatoms. The zero-order valence-corrected chi connectivity index (χ0v) is 25.7. The quantitative estimate of drug-likeness (QED) is 0.106. The third kappa shape index (κ3) is 5.48. The molecule has 6 aromatic rings. The fourth-order valence-corrected chi connectivity index (χ4v) is 8.73. The molecule has 1 aromatic heterocycles. The molecule has 0 bridgehead atoms. The van der Waals surface area contributed by atoms with E-state index < -0.39 is 10.9 Å². The number of hydrogen-bond donors (Lipinski definition) is 1. The van der Waals surface area contributed by atoms with Crippen molar-refractivity contribution in [2.75, 3.05) is 6.61 Å². The van der Waals surface area contributed by atoms with Crippen LogP contribution in [0.3, 0.4) is 0 Å². The Balaban J connectivity index is 1.48. The van der Waals surface area contributed by atoms with Crippen LogP contribution < -0.4 is 10.2 Å². The second-order valence-electron chi connectivity index (χ2n) is 10.1. The summed E-state index contributed by atoms with van der Waals surface area (Å²) in [5, 5.41) is 1.58. The molecule has 0 radical (unpaired) electrons. The van der Waals surface area contributed by atoms with Gasteiger partial charge >= 0.3 is 0 Å². The van der Waals surface area contributed by atoms with Gasteiger partial charge in [0.05, 0.1) is 21.7 Å². The number of ether oxygens (including phenoxy) is 1. The highest BCUT2D eigenvalue weighted by atomic mass is 35.5. The van der Waals surface area contributed by atoms with Crippen molar-refractivity contribution in [1.29, 1.82) is 0 Å². The third-order valence-corrected chi connectivity index (χ3v) is 11.1. The van der Waals surface area contributed by atoms with Crippen LogP contribution >= 0.6 is 33.8 Å². The smallest absolute Gasteiger partial charge is 0.197 e. The number of rotatable bonds is 8. The van der Waals surface area contributed by atoms with E-state index in [1.807, 2.05) is 72.8 Å². The predicted octanol–water partition coefficient (Wildman–Crippen LogP) is 9.87. The van der Waals surface area contributed by atoms with Crippen LogP contribution in [0.4, 0.5) is 0 Å². The van der Waals surface area contributed by atoms with Gasteiger partial charge in [0.2, 0.25) is 0 Å². The Hall–Kier alpha value is -3.90. The van der Waals surface area contributed by atoms with E-state index in [2.05, 4.69) is 44.2 Å². The molecule has 210 valence electrons. The van der Waals surface area contributed by atoms with Gasteiger partial charge in [-0.15, -0.1) is 11.3 Å². The highest BCUT2D eigenvalue weighted by Crippen LogP contribution is 2.52. The summed E-state index contributed by atoms with van der Waals surface area (Å²) >= 11 is 8.12. The summed E-state index contributed by atoms with van der Waals surface area (Å²) in [6.45, 7) is 4.70. The Kier molecular flexibility index (Phi) is 8.16. The number of ketones is 1. The first kappa shape index (κ1) is 28.2. The van der Waals surface area contributed by atoms with Crippen LogP contribution in [0.2, 0.25) is 5.02 Å². The molecular formula is C36H29ClO3S2. The van der Waals surface area contributed by atoms with Crippen LogP contribution in [-0.4, -0.2) is 12.4 Å². The first-order valence-corrected chi connectivity index (χ1v) is 16.4. The van der Waals surface area contributed by atoms with E-state index in [0.29, 0.717) is 39.3 Å². The topological polar surface area (TPSA) is 43.4 Å². The molecule has 1 unspecified atom stereocenters. The highest BCUT2D eigenvalue weighted by molar-refractivity contribution is 8.17. The molecule has 5 aromatic carbocycles. The lowest BCUT2D eigenvalue weighted by Crippen LogP contribution is -2.04. The van der Waals surface area contributed by atoms with Gasteiger partial charge in [-0.2, -0.15) is 10.9 Å². The monoisotopic (exact) mass is 608 g/mol. The number of fused-ring (bicyclic) bond motifs is 2. The molecule has 1 atom stereocenters. The fraction of sp³-hybridized carbons (Fsp3) is 0.111. The number of carbonyl (C=O) groups is 1. The Labute approximate surface area is 256 Å². The van der Waals surface area contributed by atoms with E-state index in [0.717, 1.165) is 25.6 Å². The van der Waals surface area contributed by atoms with Crippen molar-refractivity contribution < 1.29 is 9.53 Å². The second-order valence-corrected chi connectivity index (χ2v) is 13.8. The minimum absolute atomic E-state index is 0.00366. The van der Waals surface area contributed by atoms with E-state index in [9.17, 15) is 9.59 Å². The molecule has 0 spiro atoms. The average molecular weight is 609 g/mol. The maximum atomic E-state index is 13.9. The first-order valence-electron chi connectivity index (χ1n) is 13.8. The number of aryl methyl sites for hydroxylation is 1. The van der Waals surface area contributed by atoms with Gasteiger partial charge in [-0.1, -0.05) is 66.6 Å². The minimum atomic E-state index is -0.998. The van der Waals surface area contributed by atoms with Crippen LogP contribution in [0.5, 0.6) is 5.75 Å². The fourth-order valence-electron chi connectivity index (χ4n) is 5.01. The van der Waals surface area contributed by atoms with Crippen LogP contribution in [0.25, 0.3) is 20.2 Å². The molecule has 0 fully saturated rings. The summed E-state index contributed by atoms with van der Waals surface area (Å²) in [6, 6.07) is 35.5. The molecular weight excluding hydrogens is 580 g/mol. The summed E-state index contributed by atoms with van der Waals surface area (Å²) < 4.78 is 7.63.